The SMILES string of the molecule is CC(C(=O)c1ccccc1)C1c2ccccc2C=NN1C=CC=O. The highest BCUT2D eigenvalue weighted by atomic mass is 16.1. The van der Waals surface area contributed by atoms with Gasteiger partial charge in [-0.1, -0.05) is 61.5 Å². The highest BCUT2D eigenvalue weighted by Crippen LogP contribution is 2.35. The second-order valence-corrected chi connectivity index (χ2v) is 5.69. The molecular formula is C20H18N2O2. The monoisotopic (exact) mass is 318 g/mol. The number of hydrogen-bond acceptors (Lipinski definition) is 4. The second kappa shape index (κ2) is 7.04. The summed E-state index contributed by atoms with van der Waals surface area (Å²) < 4.78 is 0. The average molecular weight is 318 g/mol. The molecule has 0 N–H and O–H groups in total. The van der Waals surface area contributed by atoms with E-state index in [4.69, 9.17) is 0 Å². The Kier molecular flexibility index (Phi) is 4.66. The predicted molar refractivity (Wildman–Crippen MR) is 93.8 cm³/mol. The van der Waals surface area contributed by atoms with Crippen molar-refractivity contribution in [3.63, 3.8) is 0 Å². The summed E-state index contributed by atoms with van der Waals surface area (Å²) in [6, 6.07) is 16.9. The fourth-order valence-electron chi connectivity index (χ4n) is 3.00. The van der Waals surface area contributed by atoms with Gasteiger partial charge < -0.3 is 0 Å². The van der Waals surface area contributed by atoms with Crippen LogP contribution in [0.1, 0.15) is 34.5 Å². The number of carbonyl (C=O) groups is 2. The zero-order chi connectivity index (χ0) is 16.9. The zero-order valence-corrected chi connectivity index (χ0v) is 13.4. The van der Waals surface area contributed by atoms with Gasteiger partial charge in [-0.2, -0.15) is 5.10 Å². The number of hydrazone groups is 1. The van der Waals surface area contributed by atoms with Crippen molar-refractivity contribution in [2.24, 2.45) is 11.0 Å². The Morgan fingerprint density at radius 2 is 1.83 bits per heavy atom. The lowest BCUT2D eigenvalue weighted by Crippen LogP contribution is -2.32. The molecule has 0 spiro atoms. The number of rotatable bonds is 5. The van der Waals surface area contributed by atoms with Crippen LogP contribution in [0.2, 0.25) is 0 Å². The molecule has 4 heteroatoms. The maximum atomic E-state index is 12.9. The van der Waals surface area contributed by atoms with E-state index < -0.39 is 0 Å². The number of carbonyl (C=O) groups excluding carboxylic acids is 2. The summed E-state index contributed by atoms with van der Waals surface area (Å²) in [6.07, 6.45) is 5.45. The number of benzene rings is 2. The molecule has 1 heterocycles. The molecule has 2 aromatic carbocycles. The third-order valence-corrected chi connectivity index (χ3v) is 4.19. The highest BCUT2D eigenvalue weighted by molar-refractivity contribution is 5.98. The molecule has 0 fully saturated rings. The van der Waals surface area contributed by atoms with Gasteiger partial charge in [-0.05, 0) is 17.2 Å². The van der Waals surface area contributed by atoms with Crippen LogP contribution < -0.4 is 0 Å². The Morgan fingerprint density at radius 3 is 2.58 bits per heavy atom. The third-order valence-electron chi connectivity index (χ3n) is 4.19. The fourth-order valence-corrected chi connectivity index (χ4v) is 3.00. The molecule has 0 saturated heterocycles. The molecule has 0 bridgehead atoms. The van der Waals surface area contributed by atoms with Crippen molar-refractivity contribution < 1.29 is 9.59 Å². The first kappa shape index (κ1) is 15.9. The maximum absolute atomic E-state index is 12.9. The average Bonchev–Trinajstić information content (AvgIpc) is 2.65. The Morgan fingerprint density at radius 1 is 1.12 bits per heavy atom. The molecule has 3 rings (SSSR count). The van der Waals surface area contributed by atoms with Gasteiger partial charge in [0.25, 0.3) is 0 Å². The lowest BCUT2D eigenvalue weighted by molar-refractivity contribution is -0.104. The molecule has 4 nitrogen and oxygen atoms in total. The Labute approximate surface area is 141 Å². The Bertz CT molecular complexity index is 796. The van der Waals surface area contributed by atoms with Crippen molar-refractivity contribution in [1.82, 2.24) is 5.01 Å². The summed E-state index contributed by atoms with van der Waals surface area (Å²) in [5, 5.41) is 6.08. The van der Waals surface area contributed by atoms with Gasteiger partial charge in [-0.3, -0.25) is 14.6 Å². The highest BCUT2D eigenvalue weighted by Gasteiger charge is 2.33. The number of allylic oxidation sites excluding steroid dienone is 1. The minimum Gasteiger partial charge on any atom is -0.299 e. The van der Waals surface area contributed by atoms with Crippen LogP contribution in [0.15, 0.2) is 72.0 Å². The van der Waals surface area contributed by atoms with E-state index in [1.165, 1.54) is 6.08 Å². The lowest BCUT2D eigenvalue weighted by Gasteiger charge is -2.34. The summed E-state index contributed by atoms with van der Waals surface area (Å²) in [5.41, 5.74) is 2.70. The fraction of sp³-hybridized carbons (Fsp3) is 0.150. The van der Waals surface area contributed by atoms with Crippen molar-refractivity contribution in [2.45, 2.75) is 13.0 Å². The van der Waals surface area contributed by atoms with Crippen molar-refractivity contribution in [2.75, 3.05) is 0 Å². The molecule has 2 atom stereocenters. The molecular weight excluding hydrogens is 300 g/mol. The van der Waals surface area contributed by atoms with Crippen LogP contribution in [0.4, 0.5) is 0 Å². The van der Waals surface area contributed by atoms with Gasteiger partial charge in [0.1, 0.15) is 6.29 Å². The molecule has 1 aliphatic heterocycles. The largest absolute Gasteiger partial charge is 0.299 e. The van der Waals surface area contributed by atoms with Gasteiger partial charge in [0.2, 0.25) is 0 Å². The Hall–Kier alpha value is -3.01. The van der Waals surface area contributed by atoms with Gasteiger partial charge in [-0.15, -0.1) is 0 Å². The van der Waals surface area contributed by atoms with Crippen LogP contribution in [-0.4, -0.2) is 23.3 Å². The van der Waals surface area contributed by atoms with Crippen LogP contribution >= 0.6 is 0 Å². The quantitative estimate of drug-likeness (QED) is 0.481. The summed E-state index contributed by atoms with van der Waals surface area (Å²) >= 11 is 0. The smallest absolute Gasteiger partial charge is 0.168 e. The summed E-state index contributed by atoms with van der Waals surface area (Å²) in [7, 11) is 0. The van der Waals surface area contributed by atoms with Crippen LogP contribution in [0.5, 0.6) is 0 Å². The van der Waals surface area contributed by atoms with Crippen molar-refractivity contribution >= 4 is 18.3 Å². The molecule has 2 unspecified atom stereocenters. The molecule has 0 amide bonds. The number of ketones is 1. The zero-order valence-electron chi connectivity index (χ0n) is 13.4. The van der Waals surface area contributed by atoms with Gasteiger partial charge in [0.05, 0.1) is 12.3 Å². The third kappa shape index (κ3) is 3.04. The molecule has 24 heavy (non-hydrogen) atoms. The molecule has 0 aromatic heterocycles. The van der Waals surface area contributed by atoms with Crippen molar-refractivity contribution in [1.29, 1.82) is 0 Å². The first-order valence-electron chi connectivity index (χ1n) is 7.85. The van der Waals surface area contributed by atoms with Crippen LogP contribution in [0.25, 0.3) is 0 Å². The number of hydrogen-bond donors (Lipinski definition) is 0. The Balaban J connectivity index is 2.00. The van der Waals surface area contributed by atoms with E-state index in [1.54, 1.807) is 17.4 Å². The minimum absolute atomic E-state index is 0.0528. The first-order valence-corrected chi connectivity index (χ1v) is 7.85. The van der Waals surface area contributed by atoms with Crippen LogP contribution in [0.3, 0.4) is 0 Å². The van der Waals surface area contributed by atoms with Crippen molar-refractivity contribution in [3.8, 4) is 0 Å². The molecule has 1 aliphatic rings. The maximum Gasteiger partial charge on any atom is 0.168 e. The number of nitrogens with zero attached hydrogens (tertiary/aromatic N) is 2. The van der Waals surface area contributed by atoms with Crippen LogP contribution in [0, 0.1) is 5.92 Å². The van der Waals surface area contributed by atoms with Gasteiger partial charge in [-0.25, -0.2) is 0 Å². The molecule has 0 aliphatic carbocycles. The topological polar surface area (TPSA) is 49.7 Å². The normalized spacial score (nSPS) is 17.5. The molecule has 0 radical (unpaired) electrons. The number of fused-ring (bicyclic) bond motifs is 1. The van der Waals surface area contributed by atoms with E-state index in [0.29, 0.717) is 11.8 Å². The van der Waals surface area contributed by atoms with Crippen molar-refractivity contribution in [3.05, 3.63) is 83.6 Å². The first-order chi connectivity index (χ1) is 11.7. The van der Waals surface area contributed by atoms with E-state index in [-0.39, 0.29) is 17.7 Å². The summed E-state index contributed by atoms with van der Waals surface area (Å²) in [6.45, 7) is 1.90. The van der Waals surface area contributed by atoms with E-state index in [0.717, 1.165) is 11.1 Å². The molecule has 0 saturated carbocycles. The standard InChI is InChI=1S/C20H18N2O2/c1-15(20(24)16-8-3-2-4-9-16)19-18-11-6-5-10-17(18)14-21-22(19)12-7-13-23/h2-15,19H,1H3. The number of Topliss-reactive ketones (excluding diaryl/α,β-unsaturated/α-hetero) is 1. The predicted octanol–water partition coefficient (Wildman–Crippen LogP) is 3.61. The molecule has 120 valence electrons. The van der Waals surface area contributed by atoms with Gasteiger partial charge >= 0.3 is 0 Å². The second-order valence-electron chi connectivity index (χ2n) is 5.69. The lowest BCUT2D eigenvalue weighted by atomic mass is 9.85. The minimum atomic E-state index is -0.317. The van der Waals surface area contributed by atoms with Gasteiger partial charge in [0.15, 0.2) is 5.78 Å². The summed E-state index contributed by atoms with van der Waals surface area (Å²) in [5.74, 6) is -0.265. The van der Waals surface area contributed by atoms with E-state index in [9.17, 15) is 9.59 Å². The van der Waals surface area contributed by atoms with Crippen LogP contribution in [-0.2, 0) is 4.79 Å². The van der Waals surface area contributed by atoms with E-state index in [2.05, 4.69) is 5.10 Å². The van der Waals surface area contributed by atoms with E-state index >= 15 is 0 Å². The van der Waals surface area contributed by atoms with E-state index in [1.807, 2.05) is 61.5 Å². The number of aldehydes is 1. The summed E-state index contributed by atoms with van der Waals surface area (Å²) in [4.78, 5) is 23.6. The molecule has 2 aromatic rings. The van der Waals surface area contributed by atoms with Gasteiger partial charge in [0, 0.05) is 17.7 Å².